The van der Waals surface area contributed by atoms with Crippen LogP contribution in [-0.2, 0) is 32.7 Å². The van der Waals surface area contributed by atoms with Crippen LogP contribution >= 0.6 is 7.82 Å². The van der Waals surface area contributed by atoms with Crippen LogP contribution in [0.25, 0.3) is 0 Å². The zero-order valence-electron chi connectivity index (χ0n) is 34.2. The number of aliphatic hydroxyl groups is 5. The highest BCUT2D eigenvalue weighted by molar-refractivity contribution is 7.47. The average Bonchev–Trinajstić information content (AvgIpc) is 3.16. The Bertz CT molecular complexity index is 985. The number of carbonyl (C=O) groups excluding carboxylic acids is 2. The van der Waals surface area contributed by atoms with Gasteiger partial charge >= 0.3 is 19.8 Å². The van der Waals surface area contributed by atoms with Crippen LogP contribution in [0.3, 0.4) is 0 Å². The summed E-state index contributed by atoms with van der Waals surface area (Å²) in [5, 5.41) is 50.0. The molecule has 0 spiro atoms. The molecule has 1 rings (SSSR count). The third-order valence-corrected chi connectivity index (χ3v) is 11.4. The Labute approximate surface area is 331 Å². The number of hydrogen-bond acceptors (Lipinski definition) is 12. The Kier molecular flexibility index (Phi) is 30.9. The van der Waals surface area contributed by atoms with Crippen molar-refractivity contribution < 1.29 is 63.1 Å². The molecule has 0 aliphatic heterocycles. The molecule has 3 unspecified atom stereocenters. The standard InChI is InChI=1S/C41H79O13P/c1-3-5-7-9-11-13-15-17-19-21-23-25-27-29-34(42)51-31-33(32-52-55(49,50)54-41-39(47)37(45)36(44)38(46)40(41)48)53-35(43)30-28-26-24-22-20-18-16-14-12-10-8-6-4-2/h33,36-41,44-48H,3-32H2,1-2H3,(H,49,50)/t33-,36?,37-,38+,39+,40+,41?/m1/s1. The lowest BCUT2D eigenvalue weighted by Gasteiger charge is -2.41. The van der Waals surface area contributed by atoms with E-state index in [4.69, 9.17) is 18.5 Å². The van der Waals surface area contributed by atoms with Gasteiger partial charge in [0.25, 0.3) is 0 Å². The summed E-state index contributed by atoms with van der Waals surface area (Å²) in [7, 11) is -5.10. The van der Waals surface area contributed by atoms with Gasteiger partial charge in [-0.15, -0.1) is 0 Å². The smallest absolute Gasteiger partial charge is 0.462 e. The summed E-state index contributed by atoms with van der Waals surface area (Å²) in [4.78, 5) is 35.6. The fraction of sp³-hybridized carbons (Fsp3) is 0.951. The molecule has 0 bridgehead atoms. The van der Waals surface area contributed by atoms with Gasteiger partial charge in [0, 0.05) is 12.8 Å². The molecular formula is C41H79O13P. The van der Waals surface area contributed by atoms with Gasteiger partial charge in [0.2, 0.25) is 0 Å². The second kappa shape index (κ2) is 32.8. The monoisotopic (exact) mass is 811 g/mol. The maximum atomic E-state index is 12.8. The summed E-state index contributed by atoms with van der Waals surface area (Å²) in [6.07, 6.45) is 17.3. The molecule has 1 aliphatic rings. The third kappa shape index (κ3) is 25.7. The molecule has 1 fully saturated rings. The largest absolute Gasteiger partial charge is 0.472 e. The van der Waals surface area contributed by atoms with Gasteiger partial charge in [0.05, 0.1) is 6.61 Å². The quantitative estimate of drug-likeness (QED) is 0.0204. The highest BCUT2D eigenvalue weighted by Gasteiger charge is 2.51. The van der Waals surface area contributed by atoms with Gasteiger partial charge in [-0.1, -0.05) is 168 Å². The van der Waals surface area contributed by atoms with Crippen LogP contribution in [0.1, 0.15) is 194 Å². The summed E-state index contributed by atoms with van der Waals surface area (Å²) in [5.41, 5.74) is 0. The highest BCUT2D eigenvalue weighted by atomic mass is 31.2. The molecule has 0 amide bonds. The van der Waals surface area contributed by atoms with Crippen LogP contribution in [0, 0.1) is 0 Å². The van der Waals surface area contributed by atoms with E-state index >= 15 is 0 Å². The molecule has 1 aliphatic carbocycles. The molecule has 8 atom stereocenters. The lowest BCUT2D eigenvalue weighted by Crippen LogP contribution is -2.64. The normalized spacial score (nSPS) is 23.0. The van der Waals surface area contributed by atoms with E-state index in [1.807, 2.05) is 0 Å². The second-order valence-electron chi connectivity index (χ2n) is 15.6. The zero-order valence-corrected chi connectivity index (χ0v) is 35.1. The molecule has 326 valence electrons. The zero-order chi connectivity index (χ0) is 40.7. The van der Waals surface area contributed by atoms with E-state index in [2.05, 4.69) is 13.8 Å². The van der Waals surface area contributed by atoms with Crippen molar-refractivity contribution in [2.75, 3.05) is 13.2 Å². The van der Waals surface area contributed by atoms with E-state index in [9.17, 15) is 44.6 Å². The van der Waals surface area contributed by atoms with Crippen LogP contribution < -0.4 is 0 Å². The molecule has 13 nitrogen and oxygen atoms in total. The van der Waals surface area contributed by atoms with Crippen molar-refractivity contribution in [2.24, 2.45) is 0 Å². The maximum Gasteiger partial charge on any atom is 0.472 e. The van der Waals surface area contributed by atoms with Crippen molar-refractivity contribution in [1.82, 2.24) is 0 Å². The van der Waals surface area contributed by atoms with Gasteiger partial charge in [0.1, 0.15) is 43.2 Å². The van der Waals surface area contributed by atoms with Crippen molar-refractivity contribution in [1.29, 1.82) is 0 Å². The first-order chi connectivity index (χ1) is 26.4. The Hall–Kier alpha value is -1.15. The van der Waals surface area contributed by atoms with Gasteiger partial charge in [-0.05, 0) is 12.8 Å². The summed E-state index contributed by atoms with van der Waals surface area (Å²) in [5.74, 6) is -1.09. The summed E-state index contributed by atoms with van der Waals surface area (Å²) in [6.45, 7) is 3.29. The van der Waals surface area contributed by atoms with Gasteiger partial charge in [-0.25, -0.2) is 4.57 Å². The van der Waals surface area contributed by atoms with Crippen LogP contribution in [-0.4, -0.2) is 98.3 Å². The highest BCUT2D eigenvalue weighted by Crippen LogP contribution is 2.47. The molecule has 14 heteroatoms. The Morgan fingerprint density at radius 2 is 0.818 bits per heavy atom. The lowest BCUT2D eigenvalue weighted by atomic mass is 9.85. The first-order valence-electron chi connectivity index (χ1n) is 21.8. The average molecular weight is 811 g/mol. The molecule has 0 heterocycles. The maximum absolute atomic E-state index is 12.8. The molecule has 0 radical (unpaired) electrons. The number of phosphoric ester groups is 1. The predicted molar refractivity (Wildman–Crippen MR) is 212 cm³/mol. The SMILES string of the molecule is CCCCCCCCCCCCCCCC(=O)OC[C@H](COP(=O)(O)OC1[C@@H](O)[C@H](O)C(O)[C@H](O)[C@@H]1O)OC(=O)CCCCCCCCCCCCCCC. The number of unbranched alkanes of at least 4 members (excludes halogenated alkanes) is 24. The van der Waals surface area contributed by atoms with E-state index in [1.165, 1.54) is 116 Å². The van der Waals surface area contributed by atoms with Crippen LogP contribution in [0.4, 0.5) is 0 Å². The fourth-order valence-electron chi connectivity index (χ4n) is 6.88. The Morgan fingerprint density at radius 3 is 1.20 bits per heavy atom. The predicted octanol–water partition coefficient (Wildman–Crippen LogP) is 7.72. The molecule has 0 aromatic heterocycles. The molecule has 1 saturated carbocycles. The van der Waals surface area contributed by atoms with Gasteiger partial charge in [0.15, 0.2) is 6.10 Å². The van der Waals surface area contributed by atoms with Crippen LogP contribution in [0.5, 0.6) is 0 Å². The van der Waals surface area contributed by atoms with Crippen molar-refractivity contribution in [3.63, 3.8) is 0 Å². The Morgan fingerprint density at radius 1 is 0.491 bits per heavy atom. The minimum atomic E-state index is -5.10. The molecule has 0 aromatic rings. The summed E-state index contributed by atoms with van der Waals surface area (Å²) in [6, 6.07) is 0. The molecule has 0 aromatic carbocycles. The van der Waals surface area contributed by atoms with E-state index in [0.29, 0.717) is 12.8 Å². The van der Waals surface area contributed by atoms with Crippen LogP contribution in [0.2, 0.25) is 0 Å². The first kappa shape index (κ1) is 51.9. The minimum Gasteiger partial charge on any atom is -0.462 e. The minimum absolute atomic E-state index is 0.104. The van der Waals surface area contributed by atoms with Crippen LogP contribution in [0.15, 0.2) is 0 Å². The molecule has 6 N–H and O–H groups in total. The van der Waals surface area contributed by atoms with Gasteiger partial charge in [-0.3, -0.25) is 18.6 Å². The van der Waals surface area contributed by atoms with Crippen molar-refractivity contribution in [3.05, 3.63) is 0 Å². The first-order valence-corrected chi connectivity index (χ1v) is 23.3. The van der Waals surface area contributed by atoms with Gasteiger partial charge < -0.3 is 39.9 Å². The summed E-state index contributed by atoms with van der Waals surface area (Å²) >= 11 is 0. The number of phosphoric acid groups is 1. The topological polar surface area (TPSA) is 210 Å². The molecule has 0 saturated heterocycles. The van der Waals surface area contributed by atoms with E-state index in [0.717, 1.165) is 38.5 Å². The number of aliphatic hydroxyl groups excluding tert-OH is 5. The Balaban J connectivity index is 2.48. The third-order valence-electron chi connectivity index (χ3n) is 10.4. The second-order valence-corrected chi connectivity index (χ2v) is 17.0. The number of esters is 2. The molecule has 55 heavy (non-hydrogen) atoms. The van der Waals surface area contributed by atoms with Crippen molar-refractivity contribution in [2.45, 2.75) is 236 Å². The van der Waals surface area contributed by atoms with Gasteiger partial charge in [-0.2, -0.15) is 0 Å². The number of ether oxygens (including phenoxy) is 2. The van der Waals surface area contributed by atoms with E-state index in [-0.39, 0.29) is 12.8 Å². The van der Waals surface area contributed by atoms with Crippen molar-refractivity contribution in [3.8, 4) is 0 Å². The van der Waals surface area contributed by atoms with E-state index in [1.54, 1.807) is 0 Å². The number of carbonyl (C=O) groups is 2. The number of rotatable bonds is 36. The number of hydrogen-bond donors (Lipinski definition) is 6. The van der Waals surface area contributed by atoms with E-state index < -0.39 is 75.7 Å². The molecular weight excluding hydrogens is 731 g/mol. The summed E-state index contributed by atoms with van der Waals surface area (Å²) < 4.78 is 33.4. The lowest BCUT2D eigenvalue weighted by molar-refractivity contribution is -0.220. The van der Waals surface area contributed by atoms with Crippen molar-refractivity contribution >= 4 is 19.8 Å². The fourth-order valence-corrected chi connectivity index (χ4v) is 7.85.